The average molecular weight is 254 g/mol. The van der Waals surface area contributed by atoms with Gasteiger partial charge in [-0.15, -0.1) is 0 Å². The second-order valence-electron chi connectivity index (χ2n) is 6.04. The molecule has 2 aliphatic rings. The van der Waals surface area contributed by atoms with E-state index in [4.69, 9.17) is 10.5 Å². The number of rotatable bonds is 4. The normalized spacial score (nSPS) is 35.3. The van der Waals surface area contributed by atoms with E-state index in [1.54, 1.807) is 0 Å². The Hall–Kier alpha value is -0.120. The summed E-state index contributed by atoms with van der Waals surface area (Å²) in [7, 11) is 0. The minimum Gasteiger partial charge on any atom is -0.374 e. The van der Waals surface area contributed by atoms with Gasteiger partial charge in [-0.2, -0.15) is 0 Å². The molecule has 106 valence electrons. The van der Waals surface area contributed by atoms with Crippen molar-refractivity contribution in [2.75, 3.05) is 26.2 Å². The monoisotopic (exact) mass is 254 g/mol. The van der Waals surface area contributed by atoms with Gasteiger partial charge < -0.3 is 10.5 Å². The van der Waals surface area contributed by atoms with Crippen LogP contribution in [0.1, 0.15) is 51.9 Å². The highest BCUT2D eigenvalue weighted by atomic mass is 16.5. The second kappa shape index (κ2) is 7.46. The zero-order valence-corrected chi connectivity index (χ0v) is 11.9. The predicted octanol–water partition coefficient (Wildman–Crippen LogP) is 2.39. The molecule has 2 fully saturated rings. The van der Waals surface area contributed by atoms with E-state index in [-0.39, 0.29) is 6.10 Å². The van der Waals surface area contributed by atoms with Crippen molar-refractivity contribution in [1.29, 1.82) is 0 Å². The molecule has 0 spiro atoms. The molecule has 3 heteroatoms. The van der Waals surface area contributed by atoms with Crippen molar-refractivity contribution in [2.24, 2.45) is 11.7 Å². The third-order valence-corrected chi connectivity index (χ3v) is 4.70. The topological polar surface area (TPSA) is 38.5 Å². The third kappa shape index (κ3) is 3.94. The molecule has 1 aliphatic carbocycles. The number of nitrogens with zero attached hydrogens (tertiary/aromatic N) is 1. The van der Waals surface area contributed by atoms with Crippen molar-refractivity contribution in [3.63, 3.8) is 0 Å². The van der Waals surface area contributed by atoms with Crippen LogP contribution in [0, 0.1) is 5.92 Å². The van der Waals surface area contributed by atoms with Gasteiger partial charge in [-0.05, 0) is 25.2 Å². The van der Waals surface area contributed by atoms with Crippen molar-refractivity contribution in [1.82, 2.24) is 4.90 Å². The molecule has 3 unspecified atom stereocenters. The Kier molecular flexibility index (Phi) is 5.93. The molecule has 3 nitrogen and oxygen atoms in total. The molecule has 3 atom stereocenters. The fraction of sp³-hybridized carbons (Fsp3) is 1.00. The third-order valence-electron chi connectivity index (χ3n) is 4.70. The summed E-state index contributed by atoms with van der Waals surface area (Å²) >= 11 is 0. The highest BCUT2D eigenvalue weighted by molar-refractivity contribution is 4.82. The fourth-order valence-corrected chi connectivity index (χ4v) is 3.64. The van der Waals surface area contributed by atoms with Gasteiger partial charge in [0.25, 0.3) is 0 Å². The van der Waals surface area contributed by atoms with Crippen LogP contribution < -0.4 is 5.73 Å². The lowest BCUT2D eigenvalue weighted by molar-refractivity contribution is -0.0406. The molecule has 2 rings (SSSR count). The minimum atomic E-state index is 0.272. The molecule has 0 aromatic carbocycles. The summed E-state index contributed by atoms with van der Waals surface area (Å²) in [5.41, 5.74) is 5.74. The molecule has 0 aromatic rings. The quantitative estimate of drug-likeness (QED) is 0.783. The van der Waals surface area contributed by atoms with Crippen LogP contribution in [0.3, 0.4) is 0 Å². The molecule has 18 heavy (non-hydrogen) atoms. The van der Waals surface area contributed by atoms with Crippen LogP contribution in [0.5, 0.6) is 0 Å². The largest absolute Gasteiger partial charge is 0.374 e. The maximum absolute atomic E-state index is 5.74. The Morgan fingerprint density at radius 3 is 2.89 bits per heavy atom. The number of hydrogen-bond donors (Lipinski definition) is 1. The van der Waals surface area contributed by atoms with E-state index in [1.807, 2.05) is 0 Å². The van der Waals surface area contributed by atoms with Crippen LogP contribution >= 0.6 is 0 Å². The van der Waals surface area contributed by atoms with Crippen molar-refractivity contribution >= 4 is 0 Å². The van der Waals surface area contributed by atoms with E-state index in [0.717, 1.165) is 31.7 Å². The molecule has 2 N–H and O–H groups in total. The van der Waals surface area contributed by atoms with Crippen LogP contribution in [0.15, 0.2) is 0 Å². The number of morpholine rings is 1. The number of nitrogens with two attached hydrogens (primary N) is 1. The van der Waals surface area contributed by atoms with Crippen molar-refractivity contribution < 1.29 is 4.74 Å². The summed E-state index contributed by atoms with van der Waals surface area (Å²) in [6.07, 6.45) is 10.1. The first-order chi connectivity index (χ1) is 8.83. The first kappa shape index (κ1) is 14.3. The zero-order valence-electron chi connectivity index (χ0n) is 11.9. The summed E-state index contributed by atoms with van der Waals surface area (Å²) in [5, 5.41) is 0. The van der Waals surface area contributed by atoms with E-state index in [2.05, 4.69) is 11.8 Å². The standard InChI is InChI=1S/C15H30N2O/c1-2-4-13-5-3-6-14(8-7-13)17-9-10-18-15(11-16)12-17/h13-15H,2-12,16H2,1H3. The maximum Gasteiger partial charge on any atom is 0.0824 e. The van der Waals surface area contributed by atoms with E-state index < -0.39 is 0 Å². The van der Waals surface area contributed by atoms with E-state index in [0.29, 0.717) is 6.54 Å². The van der Waals surface area contributed by atoms with Gasteiger partial charge in [0.1, 0.15) is 0 Å². The molecule has 1 saturated heterocycles. The van der Waals surface area contributed by atoms with Gasteiger partial charge in [0.2, 0.25) is 0 Å². The Balaban J connectivity index is 1.81. The SMILES string of the molecule is CCCC1CCCC(N2CCOC(CN)C2)CC1. The Bertz CT molecular complexity index is 235. The van der Waals surface area contributed by atoms with E-state index >= 15 is 0 Å². The highest BCUT2D eigenvalue weighted by Gasteiger charge is 2.27. The van der Waals surface area contributed by atoms with Crippen LogP contribution in [0.4, 0.5) is 0 Å². The zero-order chi connectivity index (χ0) is 12.8. The molecular formula is C15H30N2O. The first-order valence-corrected chi connectivity index (χ1v) is 7.89. The Morgan fingerprint density at radius 2 is 2.11 bits per heavy atom. The molecule has 0 bridgehead atoms. The summed E-state index contributed by atoms with van der Waals surface area (Å²) in [4.78, 5) is 2.65. The van der Waals surface area contributed by atoms with Crippen molar-refractivity contribution in [2.45, 2.75) is 64.0 Å². The molecule has 0 amide bonds. The van der Waals surface area contributed by atoms with Gasteiger partial charge in [-0.3, -0.25) is 4.90 Å². The summed E-state index contributed by atoms with van der Waals surface area (Å²) in [6.45, 7) is 6.02. The van der Waals surface area contributed by atoms with Crippen molar-refractivity contribution in [3.8, 4) is 0 Å². The second-order valence-corrected chi connectivity index (χ2v) is 6.04. The minimum absolute atomic E-state index is 0.272. The molecule has 1 heterocycles. The summed E-state index contributed by atoms with van der Waals surface area (Å²) in [5.74, 6) is 0.992. The van der Waals surface area contributed by atoms with Crippen LogP contribution in [0.2, 0.25) is 0 Å². The summed E-state index contributed by atoms with van der Waals surface area (Å²) in [6, 6.07) is 0.796. The Labute approximate surface area is 112 Å². The van der Waals surface area contributed by atoms with Gasteiger partial charge in [-0.25, -0.2) is 0 Å². The molecule has 0 radical (unpaired) electrons. The van der Waals surface area contributed by atoms with Gasteiger partial charge in [0.05, 0.1) is 12.7 Å². The lowest BCUT2D eigenvalue weighted by Gasteiger charge is -2.37. The molecule has 1 saturated carbocycles. The first-order valence-electron chi connectivity index (χ1n) is 7.89. The van der Waals surface area contributed by atoms with Gasteiger partial charge in [-0.1, -0.05) is 32.6 Å². The average Bonchev–Trinajstić information content (AvgIpc) is 2.65. The van der Waals surface area contributed by atoms with Crippen LogP contribution in [0.25, 0.3) is 0 Å². The molecular weight excluding hydrogens is 224 g/mol. The van der Waals surface area contributed by atoms with Crippen LogP contribution in [-0.4, -0.2) is 43.3 Å². The van der Waals surface area contributed by atoms with E-state index in [9.17, 15) is 0 Å². The van der Waals surface area contributed by atoms with E-state index in [1.165, 1.54) is 44.9 Å². The van der Waals surface area contributed by atoms with Gasteiger partial charge >= 0.3 is 0 Å². The van der Waals surface area contributed by atoms with Crippen LogP contribution in [-0.2, 0) is 4.74 Å². The Morgan fingerprint density at radius 1 is 1.22 bits per heavy atom. The highest BCUT2D eigenvalue weighted by Crippen LogP contribution is 2.29. The van der Waals surface area contributed by atoms with Gasteiger partial charge in [0.15, 0.2) is 0 Å². The fourth-order valence-electron chi connectivity index (χ4n) is 3.64. The number of ether oxygens (including phenoxy) is 1. The van der Waals surface area contributed by atoms with Gasteiger partial charge in [0, 0.05) is 25.7 Å². The smallest absolute Gasteiger partial charge is 0.0824 e. The summed E-state index contributed by atoms with van der Waals surface area (Å²) < 4.78 is 5.67. The lowest BCUT2D eigenvalue weighted by atomic mass is 9.95. The molecule has 0 aromatic heterocycles. The maximum atomic E-state index is 5.74. The van der Waals surface area contributed by atoms with Crippen molar-refractivity contribution in [3.05, 3.63) is 0 Å². The predicted molar refractivity (Wildman–Crippen MR) is 75.6 cm³/mol. The lowest BCUT2D eigenvalue weighted by Crippen LogP contribution is -2.49. The molecule has 1 aliphatic heterocycles. The number of hydrogen-bond acceptors (Lipinski definition) is 3.